The molecule has 1 unspecified atom stereocenters. The molecular weight excluding hydrogens is 288 g/mol. The molecule has 0 saturated carbocycles. The summed E-state index contributed by atoms with van der Waals surface area (Å²) in [5.74, 6) is -0.118. The molecule has 21 heavy (non-hydrogen) atoms. The van der Waals surface area contributed by atoms with Gasteiger partial charge in [-0.25, -0.2) is 4.79 Å². The SMILES string of the molecule is CC(=O)NC[C@@H]1CN(c2ccc3c(c2)CC(C)S3)C(=O)O1. The van der Waals surface area contributed by atoms with Crippen LogP contribution >= 0.6 is 11.8 Å². The van der Waals surface area contributed by atoms with Crippen LogP contribution < -0.4 is 10.2 Å². The number of benzene rings is 1. The van der Waals surface area contributed by atoms with Gasteiger partial charge in [0.25, 0.3) is 0 Å². The number of amides is 2. The largest absolute Gasteiger partial charge is 0.442 e. The number of nitrogens with zero attached hydrogens (tertiary/aromatic N) is 1. The lowest BCUT2D eigenvalue weighted by molar-refractivity contribution is -0.119. The van der Waals surface area contributed by atoms with E-state index in [1.54, 1.807) is 4.90 Å². The van der Waals surface area contributed by atoms with Crippen molar-refractivity contribution in [2.75, 3.05) is 18.0 Å². The van der Waals surface area contributed by atoms with Crippen LogP contribution in [0.2, 0.25) is 0 Å². The Hall–Kier alpha value is -1.69. The summed E-state index contributed by atoms with van der Waals surface area (Å²) in [6, 6.07) is 6.12. The molecule has 1 aromatic rings. The molecule has 3 rings (SSSR count). The number of carbonyl (C=O) groups excluding carboxylic acids is 2. The summed E-state index contributed by atoms with van der Waals surface area (Å²) in [5.41, 5.74) is 2.17. The van der Waals surface area contributed by atoms with Gasteiger partial charge in [-0.1, -0.05) is 6.92 Å². The molecule has 2 aliphatic rings. The molecule has 2 atom stereocenters. The van der Waals surface area contributed by atoms with Crippen LogP contribution in [0.5, 0.6) is 0 Å². The second-order valence-corrected chi connectivity index (χ2v) is 6.96. The predicted molar refractivity (Wildman–Crippen MR) is 81.8 cm³/mol. The van der Waals surface area contributed by atoms with Crippen LogP contribution in [0.15, 0.2) is 23.1 Å². The Balaban J connectivity index is 1.71. The van der Waals surface area contributed by atoms with Gasteiger partial charge in [0, 0.05) is 22.8 Å². The highest BCUT2D eigenvalue weighted by atomic mass is 32.2. The van der Waals surface area contributed by atoms with Crippen molar-refractivity contribution in [1.82, 2.24) is 5.32 Å². The normalized spacial score (nSPS) is 23.9. The summed E-state index contributed by atoms with van der Waals surface area (Å²) in [4.78, 5) is 25.8. The van der Waals surface area contributed by atoms with Crippen molar-refractivity contribution in [2.24, 2.45) is 0 Å². The van der Waals surface area contributed by atoms with Gasteiger partial charge < -0.3 is 10.1 Å². The minimum Gasteiger partial charge on any atom is -0.442 e. The van der Waals surface area contributed by atoms with Gasteiger partial charge in [-0.15, -0.1) is 11.8 Å². The number of rotatable bonds is 3. The van der Waals surface area contributed by atoms with E-state index in [-0.39, 0.29) is 18.1 Å². The lowest BCUT2D eigenvalue weighted by Crippen LogP contribution is -2.33. The van der Waals surface area contributed by atoms with E-state index >= 15 is 0 Å². The monoisotopic (exact) mass is 306 g/mol. The Bertz CT molecular complexity index is 590. The molecule has 6 heteroatoms. The summed E-state index contributed by atoms with van der Waals surface area (Å²) in [7, 11) is 0. The Labute approximate surface area is 128 Å². The van der Waals surface area contributed by atoms with E-state index < -0.39 is 0 Å². The van der Waals surface area contributed by atoms with E-state index in [1.165, 1.54) is 17.4 Å². The van der Waals surface area contributed by atoms with Gasteiger partial charge in [0.15, 0.2) is 0 Å². The zero-order chi connectivity index (χ0) is 15.0. The molecule has 2 heterocycles. The number of fused-ring (bicyclic) bond motifs is 1. The van der Waals surface area contributed by atoms with Crippen LogP contribution in [-0.4, -0.2) is 36.4 Å². The standard InChI is InChI=1S/C15H18N2O3S/c1-9-5-11-6-12(3-4-14(11)21-9)17-8-13(20-15(17)19)7-16-10(2)18/h3-4,6,9,13H,5,7-8H2,1-2H3,(H,16,18)/t9?,13-/m1/s1. The zero-order valence-electron chi connectivity index (χ0n) is 12.1. The predicted octanol–water partition coefficient (Wildman–Crippen LogP) is 2.18. The number of cyclic esters (lactones) is 1. The first-order valence-corrected chi connectivity index (χ1v) is 7.93. The fraction of sp³-hybridized carbons (Fsp3) is 0.467. The number of nitrogens with one attached hydrogen (secondary N) is 1. The van der Waals surface area contributed by atoms with Crippen molar-refractivity contribution >= 4 is 29.4 Å². The summed E-state index contributed by atoms with van der Waals surface area (Å²) < 4.78 is 5.29. The minimum atomic E-state index is -0.344. The summed E-state index contributed by atoms with van der Waals surface area (Å²) >= 11 is 1.87. The number of ether oxygens (including phenoxy) is 1. The van der Waals surface area contributed by atoms with Crippen LogP contribution in [0, 0.1) is 0 Å². The van der Waals surface area contributed by atoms with Gasteiger partial charge in [0.1, 0.15) is 6.10 Å². The highest BCUT2D eigenvalue weighted by Gasteiger charge is 2.33. The molecule has 2 aliphatic heterocycles. The van der Waals surface area contributed by atoms with E-state index in [0.717, 1.165) is 12.1 Å². The van der Waals surface area contributed by atoms with Gasteiger partial charge in [0.05, 0.1) is 13.1 Å². The number of anilines is 1. The maximum atomic E-state index is 12.0. The van der Waals surface area contributed by atoms with Crippen LogP contribution in [-0.2, 0) is 16.0 Å². The molecule has 2 amide bonds. The van der Waals surface area contributed by atoms with E-state index in [4.69, 9.17) is 4.74 Å². The number of thioether (sulfide) groups is 1. The third kappa shape index (κ3) is 3.00. The van der Waals surface area contributed by atoms with Gasteiger partial charge in [-0.2, -0.15) is 0 Å². The Kier molecular flexibility index (Phi) is 3.80. The van der Waals surface area contributed by atoms with Crippen molar-refractivity contribution in [3.8, 4) is 0 Å². The average Bonchev–Trinajstić information content (AvgIpc) is 2.97. The molecule has 5 nitrogen and oxygen atoms in total. The summed E-state index contributed by atoms with van der Waals surface area (Å²) in [6.07, 6.45) is 0.401. The van der Waals surface area contributed by atoms with Gasteiger partial charge in [0.2, 0.25) is 5.91 Å². The second-order valence-electron chi connectivity index (χ2n) is 5.48. The first-order chi connectivity index (χ1) is 10.0. The third-order valence-electron chi connectivity index (χ3n) is 3.64. The second kappa shape index (κ2) is 5.60. The van der Waals surface area contributed by atoms with Crippen LogP contribution in [0.3, 0.4) is 0 Å². The van der Waals surface area contributed by atoms with E-state index in [1.807, 2.05) is 17.8 Å². The van der Waals surface area contributed by atoms with E-state index in [2.05, 4.69) is 24.4 Å². The topological polar surface area (TPSA) is 58.6 Å². The van der Waals surface area contributed by atoms with Gasteiger partial charge in [-0.3, -0.25) is 9.69 Å². The van der Waals surface area contributed by atoms with E-state index in [0.29, 0.717) is 18.3 Å². The molecule has 1 N–H and O–H groups in total. The van der Waals surface area contributed by atoms with Crippen molar-refractivity contribution in [1.29, 1.82) is 0 Å². The number of hydrogen-bond donors (Lipinski definition) is 1. The fourth-order valence-electron chi connectivity index (χ4n) is 2.67. The molecule has 0 aliphatic carbocycles. The van der Waals surface area contributed by atoms with Crippen molar-refractivity contribution in [3.05, 3.63) is 23.8 Å². The van der Waals surface area contributed by atoms with Crippen LogP contribution in [0.25, 0.3) is 0 Å². The Morgan fingerprint density at radius 2 is 2.33 bits per heavy atom. The highest BCUT2D eigenvalue weighted by Crippen LogP contribution is 2.39. The Morgan fingerprint density at radius 3 is 3.10 bits per heavy atom. The van der Waals surface area contributed by atoms with Crippen LogP contribution in [0.1, 0.15) is 19.4 Å². The molecule has 1 saturated heterocycles. The molecule has 1 aromatic carbocycles. The Morgan fingerprint density at radius 1 is 1.52 bits per heavy atom. The summed E-state index contributed by atoms with van der Waals surface area (Å²) in [6.45, 7) is 4.49. The average molecular weight is 306 g/mol. The van der Waals surface area contributed by atoms with Gasteiger partial charge in [-0.05, 0) is 30.2 Å². The summed E-state index contributed by atoms with van der Waals surface area (Å²) in [5, 5.41) is 3.27. The third-order valence-corrected chi connectivity index (χ3v) is 4.87. The molecule has 1 fully saturated rings. The minimum absolute atomic E-state index is 0.118. The molecule has 0 bridgehead atoms. The van der Waals surface area contributed by atoms with Gasteiger partial charge >= 0.3 is 6.09 Å². The molecule has 0 spiro atoms. The molecule has 0 aromatic heterocycles. The molecular formula is C15H18N2O3S. The van der Waals surface area contributed by atoms with Crippen molar-refractivity contribution < 1.29 is 14.3 Å². The molecule has 112 valence electrons. The zero-order valence-corrected chi connectivity index (χ0v) is 12.9. The first-order valence-electron chi connectivity index (χ1n) is 7.05. The van der Waals surface area contributed by atoms with Crippen LogP contribution in [0.4, 0.5) is 10.5 Å². The lowest BCUT2D eigenvalue weighted by atomic mass is 10.1. The lowest BCUT2D eigenvalue weighted by Gasteiger charge is -2.14. The van der Waals surface area contributed by atoms with Crippen molar-refractivity contribution in [3.63, 3.8) is 0 Å². The quantitative estimate of drug-likeness (QED) is 0.930. The van der Waals surface area contributed by atoms with E-state index in [9.17, 15) is 9.59 Å². The fourth-order valence-corrected chi connectivity index (χ4v) is 3.81. The first kappa shape index (κ1) is 14.3. The maximum absolute atomic E-state index is 12.0. The molecule has 0 radical (unpaired) electrons. The highest BCUT2D eigenvalue weighted by molar-refractivity contribution is 8.00. The number of hydrogen-bond acceptors (Lipinski definition) is 4. The van der Waals surface area contributed by atoms with Crippen molar-refractivity contribution in [2.45, 2.75) is 36.5 Å². The number of carbonyl (C=O) groups is 2. The smallest absolute Gasteiger partial charge is 0.414 e. The maximum Gasteiger partial charge on any atom is 0.414 e.